The standard InChI is InChI=1S/C4H4NS.BrH/c1-4-2-5-3-6-4;/h2H,1H3;1H/q+1;/p-1. The molecule has 0 unspecified atom stereocenters. The SMILES string of the molecule is CC1=CN=[C+]S1.[Br-]. The van der Waals surface area contributed by atoms with Crippen LogP contribution in [0.5, 0.6) is 0 Å². The van der Waals surface area contributed by atoms with E-state index in [1.807, 2.05) is 6.92 Å². The second-order valence-corrected chi connectivity index (χ2v) is 2.09. The van der Waals surface area contributed by atoms with Crippen LogP contribution in [-0.2, 0) is 0 Å². The molecule has 0 radical (unpaired) electrons. The fourth-order valence-electron chi connectivity index (χ4n) is 0.242. The third-order valence-electron chi connectivity index (χ3n) is 0.506. The average molecular weight is 178 g/mol. The Kier molecular flexibility index (Phi) is 3.26. The van der Waals surface area contributed by atoms with Gasteiger partial charge in [-0.25, -0.2) is 0 Å². The molecule has 0 aliphatic carbocycles. The van der Waals surface area contributed by atoms with Crippen molar-refractivity contribution in [2.24, 2.45) is 4.99 Å². The normalized spacial score (nSPS) is 14.7. The first-order valence-electron chi connectivity index (χ1n) is 1.68. The van der Waals surface area contributed by atoms with Crippen LogP contribution in [0.3, 0.4) is 0 Å². The fraction of sp³-hybridized carbons (Fsp3) is 0.250. The molecule has 1 aliphatic heterocycles. The van der Waals surface area contributed by atoms with Gasteiger partial charge in [-0.2, -0.15) is 0 Å². The van der Waals surface area contributed by atoms with Crippen molar-refractivity contribution in [1.29, 1.82) is 0 Å². The zero-order valence-electron chi connectivity index (χ0n) is 3.81. The Morgan fingerprint density at radius 1 is 1.86 bits per heavy atom. The highest BCUT2D eigenvalue weighted by atomic mass is 79.9. The summed E-state index contributed by atoms with van der Waals surface area (Å²) in [5, 5.41) is 0. The van der Waals surface area contributed by atoms with E-state index in [0.29, 0.717) is 0 Å². The molecule has 1 aliphatic rings. The van der Waals surface area contributed by atoms with Gasteiger partial charge < -0.3 is 17.0 Å². The molecule has 0 N–H and O–H groups in total. The van der Waals surface area contributed by atoms with Crippen molar-refractivity contribution < 1.29 is 17.0 Å². The summed E-state index contributed by atoms with van der Waals surface area (Å²) in [6, 6.07) is 0. The highest BCUT2D eigenvalue weighted by Crippen LogP contribution is 2.15. The van der Waals surface area contributed by atoms with Gasteiger partial charge in [-0.1, -0.05) is 0 Å². The van der Waals surface area contributed by atoms with Gasteiger partial charge in [0.25, 0.3) is 5.55 Å². The largest absolute Gasteiger partial charge is 1.00 e. The molecule has 0 saturated carbocycles. The minimum Gasteiger partial charge on any atom is -1.00 e. The minimum absolute atomic E-state index is 0. The molecule has 0 saturated heterocycles. The zero-order valence-corrected chi connectivity index (χ0v) is 6.21. The van der Waals surface area contributed by atoms with Gasteiger partial charge >= 0.3 is 0 Å². The topological polar surface area (TPSA) is 12.4 Å². The quantitative estimate of drug-likeness (QED) is 0.411. The van der Waals surface area contributed by atoms with Crippen LogP contribution in [0.2, 0.25) is 0 Å². The van der Waals surface area contributed by atoms with E-state index in [-0.39, 0.29) is 17.0 Å². The summed E-state index contributed by atoms with van der Waals surface area (Å²) < 4.78 is 0. The molecule has 1 nitrogen and oxygen atoms in total. The molecule has 0 aromatic heterocycles. The summed E-state index contributed by atoms with van der Waals surface area (Å²) in [4.78, 5) is 4.93. The number of rotatable bonds is 0. The van der Waals surface area contributed by atoms with Gasteiger partial charge in [0.1, 0.15) is 16.7 Å². The first-order valence-corrected chi connectivity index (χ1v) is 2.50. The molecular formula is C4H4BrNS. The maximum absolute atomic E-state index is 3.72. The van der Waals surface area contributed by atoms with Crippen LogP contribution < -0.4 is 17.0 Å². The van der Waals surface area contributed by atoms with Gasteiger partial charge in [0.2, 0.25) is 0 Å². The molecular weight excluding hydrogens is 174 g/mol. The van der Waals surface area contributed by atoms with Crippen LogP contribution in [0.25, 0.3) is 0 Å². The van der Waals surface area contributed by atoms with Gasteiger partial charge in [0, 0.05) is 0 Å². The molecule has 1 rings (SSSR count). The highest BCUT2D eigenvalue weighted by Gasteiger charge is 2.04. The van der Waals surface area contributed by atoms with Crippen LogP contribution in [0.4, 0.5) is 0 Å². The van der Waals surface area contributed by atoms with Crippen molar-refractivity contribution in [3.8, 4) is 0 Å². The van der Waals surface area contributed by atoms with Gasteiger partial charge in [0.15, 0.2) is 6.20 Å². The first kappa shape index (κ1) is 7.15. The third-order valence-corrected chi connectivity index (χ3v) is 1.13. The average Bonchev–Trinajstić information content (AvgIpc) is 1.86. The fourth-order valence-corrected chi connectivity index (χ4v) is 0.597. The Balaban J connectivity index is 0.000000360. The summed E-state index contributed by atoms with van der Waals surface area (Å²) in [5.41, 5.74) is 2.72. The van der Waals surface area contributed by atoms with Crippen LogP contribution >= 0.6 is 11.8 Å². The van der Waals surface area contributed by atoms with Crippen LogP contribution in [0.1, 0.15) is 6.92 Å². The van der Waals surface area contributed by atoms with Crippen molar-refractivity contribution in [1.82, 2.24) is 0 Å². The van der Waals surface area contributed by atoms with Gasteiger partial charge in [-0.3, -0.25) is 0 Å². The zero-order chi connectivity index (χ0) is 4.41. The van der Waals surface area contributed by atoms with Gasteiger partial charge in [0.05, 0.1) is 0 Å². The summed E-state index contributed by atoms with van der Waals surface area (Å²) in [6.07, 6.45) is 1.80. The summed E-state index contributed by atoms with van der Waals surface area (Å²) in [7, 11) is 0. The lowest BCUT2D eigenvalue weighted by atomic mass is 10.7. The Bertz CT molecular complexity index is 108. The van der Waals surface area contributed by atoms with Crippen molar-refractivity contribution >= 4 is 17.3 Å². The second kappa shape index (κ2) is 3.19. The van der Waals surface area contributed by atoms with Crippen LogP contribution in [-0.4, -0.2) is 5.55 Å². The number of hydrogen-bond acceptors (Lipinski definition) is 2. The van der Waals surface area contributed by atoms with Crippen LogP contribution in [0.15, 0.2) is 16.1 Å². The molecule has 3 heteroatoms. The molecule has 38 valence electrons. The first-order chi connectivity index (χ1) is 2.89. The molecule has 0 atom stereocenters. The van der Waals surface area contributed by atoms with E-state index in [1.165, 1.54) is 4.91 Å². The lowest BCUT2D eigenvalue weighted by Gasteiger charge is -1.62. The third kappa shape index (κ3) is 2.07. The summed E-state index contributed by atoms with van der Waals surface area (Å²) in [5.74, 6) is 0. The van der Waals surface area contributed by atoms with Crippen molar-refractivity contribution in [3.63, 3.8) is 0 Å². The Labute approximate surface area is 57.7 Å². The van der Waals surface area contributed by atoms with Gasteiger partial charge in [-0.05, 0) is 11.9 Å². The van der Waals surface area contributed by atoms with E-state index in [1.54, 1.807) is 18.0 Å². The molecule has 0 aromatic rings. The molecule has 0 amide bonds. The second-order valence-electron chi connectivity index (χ2n) is 1.06. The molecule has 0 bridgehead atoms. The van der Waals surface area contributed by atoms with Crippen molar-refractivity contribution in [2.45, 2.75) is 6.92 Å². The predicted molar refractivity (Wildman–Crippen MR) is 28.8 cm³/mol. The van der Waals surface area contributed by atoms with Crippen LogP contribution in [0, 0.1) is 0 Å². The monoisotopic (exact) mass is 177 g/mol. The lowest BCUT2D eigenvalue weighted by Crippen LogP contribution is -3.00. The predicted octanol–water partition coefficient (Wildman–Crippen LogP) is -1.50. The van der Waals surface area contributed by atoms with E-state index in [4.69, 9.17) is 0 Å². The number of aliphatic imine (C=N–C) groups is 1. The maximum Gasteiger partial charge on any atom is 0.271 e. The Morgan fingerprint density at radius 3 is 2.71 bits per heavy atom. The minimum atomic E-state index is 0. The van der Waals surface area contributed by atoms with Crippen molar-refractivity contribution in [3.05, 3.63) is 11.1 Å². The van der Waals surface area contributed by atoms with Gasteiger partial charge in [-0.15, -0.1) is 0 Å². The van der Waals surface area contributed by atoms with E-state index in [0.717, 1.165) is 0 Å². The summed E-state index contributed by atoms with van der Waals surface area (Å²) in [6.45, 7) is 2.01. The van der Waals surface area contributed by atoms with E-state index in [2.05, 4.69) is 10.5 Å². The van der Waals surface area contributed by atoms with E-state index in [9.17, 15) is 0 Å². The molecule has 0 fully saturated rings. The smallest absolute Gasteiger partial charge is 0.271 e. The number of allylic oxidation sites excluding steroid dienone is 1. The Hall–Kier alpha value is 0.150. The highest BCUT2D eigenvalue weighted by molar-refractivity contribution is 8.15. The summed E-state index contributed by atoms with van der Waals surface area (Å²) >= 11 is 1.54. The number of hydrogen-bond donors (Lipinski definition) is 0. The lowest BCUT2D eigenvalue weighted by molar-refractivity contribution is -0.00000118. The number of halogens is 1. The number of nitrogens with zero attached hydrogens (tertiary/aromatic N) is 1. The Morgan fingerprint density at radius 2 is 2.57 bits per heavy atom. The maximum atomic E-state index is 3.72. The van der Waals surface area contributed by atoms with E-state index < -0.39 is 0 Å². The van der Waals surface area contributed by atoms with E-state index >= 15 is 0 Å². The van der Waals surface area contributed by atoms with Crippen molar-refractivity contribution in [2.75, 3.05) is 0 Å². The molecule has 7 heavy (non-hydrogen) atoms. The molecule has 0 aromatic carbocycles. The number of thioether (sulfide) groups is 1. The molecule has 1 heterocycles. The molecule has 0 spiro atoms.